The van der Waals surface area contributed by atoms with Crippen molar-refractivity contribution in [1.82, 2.24) is 0 Å². The maximum absolute atomic E-state index is 14.5. The molecule has 0 aliphatic heterocycles. The Balaban J connectivity index is 1.67. The van der Waals surface area contributed by atoms with Gasteiger partial charge in [0, 0.05) is 0 Å². The van der Waals surface area contributed by atoms with Crippen molar-refractivity contribution in [3.8, 4) is 17.2 Å². The zero-order chi connectivity index (χ0) is 18.6. The summed E-state index contributed by atoms with van der Waals surface area (Å²) < 4.78 is 67.3. The molecule has 1 aromatic rings. The molecule has 0 saturated heterocycles. The van der Waals surface area contributed by atoms with Crippen LogP contribution in [-0.2, 0) is 0 Å². The van der Waals surface area contributed by atoms with Crippen LogP contribution < -0.4 is 14.2 Å². The van der Waals surface area contributed by atoms with E-state index in [1.54, 1.807) is 0 Å². The van der Waals surface area contributed by atoms with Crippen molar-refractivity contribution in [3.63, 3.8) is 0 Å². The molecule has 0 amide bonds. The van der Waals surface area contributed by atoms with E-state index in [0.717, 1.165) is 38.5 Å². The molecule has 0 heterocycles. The second-order valence-corrected chi connectivity index (χ2v) is 7.15. The van der Waals surface area contributed by atoms with Gasteiger partial charge in [-0.2, -0.15) is 4.39 Å². The molecule has 7 heteroatoms. The fraction of sp³-hybridized carbons (Fsp3) is 0.684. The number of hydrogen-bond donors (Lipinski definition) is 0. The Morgan fingerprint density at radius 1 is 0.885 bits per heavy atom. The topological polar surface area (TPSA) is 27.7 Å². The number of hydrogen-bond acceptors (Lipinski definition) is 3. The summed E-state index contributed by atoms with van der Waals surface area (Å²) in [6, 6.07) is 2.59. The van der Waals surface area contributed by atoms with Gasteiger partial charge < -0.3 is 14.2 Å². The normalized spacial score (nSPS) is 18.6. The van der Waals surface area contributed by atoms with E-state index in [1.165, 1.54) is 25.0 Å². The summed E-state index contributed by atoms with van der Waals surface area (Å²) >= 11 is 0. The Morgan fingerprint density at radius 3 is 2.15 bits per heavy atom. The largest absolute Gasteiger partial charge is 0.573 e. The van der Waals surface area contributed by atoms with Gasteiger partial charge in [-0.1, -0.05) is 32.1 Å². The van der Waals surface area contributed by atoms with Crippen molar-refractivity contribution in [2.75, 3.05) is 13.2 Å². The number of alkyl halides is 3. The van der Waals surface area contributed by atoms with Crippen LogP contribution in [0, 0.1) is 17.7 Å². The third-order valence-electron chi connectivity index (χ3n) is 5.20. The number of benzene rings is 1. The van der Waals surface area contributed by atoms with Gasteiger partial charge in [-0.05, 0) is 43.2 Å². The molecule has 2 aliphatic carbocycles. The smallest absolute Gasteiger partial charge is 0.490 e. The molecule has 1 aromatic carbocycles. The van der Waals surface area contributed by atoms with Gasteiger partial charge in [-0.3, -0.25) is 0 Å². The molecule has 146 valence electrons. The Morgan fingerprint density at radius 2 is 1.54 bits per heavy atom. The van der Waals surface area contributed by atoms with Crippen LogP contribution in [0.1, 0.15) is 51.4 Å². The number of rotatable bonds is 8. The predicted octanol–water partition coefficient (Wildman–Crippen LogP) is 5.86. The van der Waals surface area contributed by atoms with Crippen LogP contribution in [0.2, 0.25) is 0 Å². The first kappa shape index (κ1) is 19.1. The maximum Gasteiger partial charge on any atom is 0.573 e. The first-order valence-corrected chi connectivity index (χ1v) is 9.26. The van der Waals surface area contributed by atoms with Crippen LogP contribution in [0.25, 0.3) is 0 Å². The minimum atomic E-state index is -5.00. The summed E-state index contributed by atoms with van der Waals surface area (Å²) in [6.07, 6.45) is 3.40. The fourth-order valence-electron chi connectivity index (χ4n) is 3.46. The fourth-order valence-corrected chi connectivity index (χ4v) is 3.46. The maximum atomic E-state index is 14.5. The second kappa shape index (κ2) is 8.35. The highest BCUT2D eigenvalue weighted by molar-refractivity contribution is 5.47. The highest BCUT2D eigenvalue weighted by atomic mass is 19.4. The molecule has 0 atom stereocenters. The lowest BCUT2D eigenvalue weighted by Crippen LogP contribution is -2.21. The second-order valence-electron chi connectivity index (χ2n) is 7.15. The van der Waals surface area contributed by atoms with Gasteiger partial charge in [-0.15, -0.1) is 13.2 Å². The van der Waals surface area contributed by atoms with Crippen LogP contribution in [0.5, 0.6) is 17.2 Å². The lowest BCUT2D eigenvalue weighted by molar-refractivity contribution is -0.276. The Kier molecular flexibility index (Phi) is 6.14. The minimum absolute atomic E-state index is 0.237. The van der Waals surface area contributed by atoms with E-state index in [9.17, 15) is 17.6 Å². The van der Waals surface area contributed by atoms with Crippen molar-refractivity contribution in [2.24, 2.45) is 11.8 Å². The van der Waals surface area contributed by atoms with E-state index in [4.69, 9.17) is 9.47 Å². The van der Waals surface area contributed by atoms with E-state index in [-0.39, 0.29) is 18.1 Å². The van der Waals surface area contributed by atoms with Crippen LogP contribution >= 0.6 is 0 Å². The number of ether oxygens (including phenoxy) is 3. The average Bonchev–Trinajstić information content (AvgIpc) is 3.03. The van der Waals surface area contributed by atoms with Crippen molar-refractivity contribution in [1.29, 1.82) is 0 Å². The molecule has 0 spiro atoms. The molecule has 2 aliphatic rings. The number of halogens is 4. The zero-order valence-electron chi connectivity index (χ0n) is 14.6. The molecule has 0 N–H and O–H groups in total. The van der Waals surface area contributed by atoms with Crippen molar-refractivity contribution in [2.45, 2.75) is 57.7 Å². The highest BCUT2D eigenvalue weighted by Crippen LogP contribution is 2.40. The summed E-state index contributed by atoms with van der Waals surface area (Å²) in [7, 11) is 0. The van der Waals surface area contributed by atoms with Gasteiger partial charge in [0.25, 0.3) is 0 Å². The molecule has 2 saturated carbocycles. The van der Waals surface area contributed by atoms with Gasteiger partial charge in [-0.25, -0.2) is 0 Å². The molecule has 0 radical (unpaired) electrons. The van der Waals surface area contributed by atoms with Gasteiger partial charge in [0.1, 0.15) is 0 Å². The third kappa shape index (κ3) is 5.17. The standard InChI is InChI=1S/C19H24F4O3/c20-17-15(25-12-14-6-3-7-14)8-9-16(18(17)26-19(21,22)23)24-11-10-13-4-1-2-5-13/h8-9,13-14H,1-7,10-12H2. The van der Waals surface area contributed by atoms with E-state index >= 15 is 0 Å². The quantitative estimate of drug-likeness (QED) is 0.532. The molecule has 0 unspecified atom stereocenters. The molecule has 2 fully saturated rings. The summed E-state index contributed by atoms with van der Waals surface area (Å²) in [5.74, 6) is -1.73. The van der Waals surface area contributed by atoms with Gasteiger partial charge in [0.15, 0.2) is 11.5 Å². The molecule has 3 rings (SSSR count). The lowest BCUT2D eigenvalue weighted by Gasteiger charge is -2.25. The highest BCUT2D eigenvalue weighted by Gasteiger charge is 2.35. The lowest BCUT2D eigenvalue weighted by atomic mass is 9.86. The first-order chi connectivity index (χ1) is 12.4. The molecular formula is C19H24F4O3. The molecule has 26 heavy (non-hydrogen) atoms. The minimum Gasteiger partial charge on any atom is -0.490 e. The molecule has 3 nitrogen and oxygen atoms in total. The van der Waals surface area contributed by atoms with E-state index in [1.807, 2.05) is 0 Å². The summed E-state index contributed by atoms with van der Waals surface area (Å²) in [5, 5.41) is 0. The summed E-state index contributed by atoms with van der Waals surface area (Å²) in [4.78, 5) is 0. The van der Waals surface area contributed by atoms with Gasteiger partial charge in [0.2, 0.25) is 11.6 Å². The monoisotopic (exact) mass is 376 g/mol. The SMILES string of the molecule is Fc1c(OCC2CCC2)ccc(OCCC2CCCC2)c1OC(F)(F)F. The zero-order valence-corrected chi connectivity index (χ0v) is 14.6. The Hall–Kier alpha value is -1.66. The van der Waals surface area contributed by atoms with Crippen LogP contribution in [0.4, 0.5) is 17.6 Å². The summed E-state index contributed by atoms with van der Waals surface area (Å²) in [5.41, 5.74) is 0. The van der Waals surface area contributed by atoms with Crippen molar-refractivity contribution < 1.29 is 31.8 Å². The van der Waals surface area contributed by atoms with E-state index in [2.05, 4.69) is 4.74 Å². The molecule has 0 bridgehead atoms. The van der Waals surface area contributed by atoms with Crippen LogP contribution in [0.3, 0.4) is 0 Å². The predicted molar refractivity (Wildman–Crippen MR) is 88.0 cm³/mol. The van der Waals surface area contributed by atoms with Crippen LogP contribution in [-0.4, -0.2) is 19.6 Å². The first-order valence-electron chi connectivity index (χ1n) is 9.26. The molecule has 0 aromatic heterocycles. The van der Waals surface area contributed by atoms with Crippen molar-refractivity contribution in [3.05, 3.63) is 17.9 Å². The third-order valence-corrected chi connectivity index (χ3v) is 5.20. The van der Waals surface area contributed by atoms with Gasteiger partial charge in [0.05, 0.1) is 13.2 Å². The Labute approximate surface area is 150 Å². The van der Waals surface area contributed by atoms with E-state index in [0.29, 0.717) is 18.4 Å². The van der Waals surface area contributed by atoms with Gasteiger partial charge >= 0.3 is 6.36 Å². The average molecular weight is 376 g/mol. The summed E-state index contributed by atoms with van der Waals surface area (Å²) in [6.45, 7) is 0.533. The van der Waals surface area contributed by atoms with E-state index < -0.39 is 17.9 Å². The van der Waals surface area contributed by atoms with Crippen LogP contribution in [0.15, 0.2) is 12.1 Å². The van der Waals surface area contributed by atoms with Crippen molar-refractivity contribution >= 4 is 0 Å². The molecular weight excluding hydrogens is 352 g/mol. The Bertz CT molecular complexity index is 593.